The van der Waals surface area contributed by atoms with Gasteiger partial charge in [0, 0.05) is 18.4 Å². The summed E-state index contributed by atoms with van der Waals surface area (Å²) in [5, 5.41) is 24.0. The number of carboxylic acids is 1. The molecule has 0 saturated heterocycles. The molecule has 4 rings (SSSR count). The van der Waals surface area contributed by atoms with Crippen LogP contribution in [0.5, 0.6) is 0 Å². The minimum absolute atomic E-state index is 0.0340. The van der Waals surface area contributed by atoms with Crippen LogP contribution in [0.2, 0.25) is 0 Å². The van der Waals surface area contributed by atoms with E-state index in [2.05, 4.69) is 34.9 Å². The molecule has 2 aromatic rings. The van der Waals surface area contributed by atoms with Gasteiger partial charge in [-0.25, -0.2) is 9.59 Å². The number of nitrogens with one attached hydrogen (secondary N) is 2. The van der Waals surface area contributed by atoms with Gasteiger partial charge in [-0.2, -0.15) is 0 Å². The number of carboxylic acid groups (broad SMARTS) is 1. The summed E-state index contributed by atoms with van der Waals surface area (Å²) in [7, 11) is 0. The normalized spacial score (nSPS) is 20.7. The molecule has 35 heavy (non-hydrogen) atoms. The first kappa shape index (κ1) is 24.7. The van der Waals surface area contributed by atoms with E-state index in [1.54, 1.807) is 0 Å². The second kappa shape index (κ2) is 10.5. The highest BCUT2D eigenvalue weighted by molar-refractivity contribution is 5.87. The van der Waals surface area contributed by atoms with E-state index in [1.165, 1.54) is 6.92 Å². The molecule has 3 atom stereocenters. The van der Waals surface area contributed by atoms with Crippen LogP contribution in [0.25, 0.3) is 11.1 Å². The lowest BCUT2D eigenvalue weighted by Crippen LogP contribution is -2.55. The highest BCUT2D eigenvalue weighted by Crippen LogP contribution is 2.44. The number of hydrogen-bond acceptors (Lipinski definition) is 5. The van der Waals surface area contributed by atoms with Crippen molar-refractivity contribution < 1.29 is 29.3 Å². The van der Waals surface area contributed by atoms with Crippen LogP contribution >= 0.6 is 0 Å². The van der Waals surface area contributed by atoms with Gasteiger partial charge in [0.15, 0.2) is 5.54 Å². The summed E-state index contributed by atoms with van der Waals surface area (Å²) in [6.45, 7) is 0.770. The number of aliphatic hydroxyl groups excluding tert-OH is 1. The number of benzene rings is 2. The molecule has 186 valence electrons. The zero-order valence-electron chi connectivity index (χ0n) is 19.8. The van der Waals surface area contributed by atoms with Crippen molar-refractivity contribution >= 4 is 18.0 Å². The molecule has 0 radical (unpaired) electrons. The van der Waals surface area contributed by atoms with Gasteiger partial charge in [-0.05, 0) is 47.9 Å². The third-order valence-corrected chi connectivity index (χ3v) is 7.21. The van der Waals surface area contributed by atoms with Gasteiger partial charge >= 0.3 is 12.1 Å². The Morgan fingerprint density at radius 2 is 1.60 bits per heavy atom. The van der Waals surface area contributed by atoms with E-state index in [0.717, 1.165) is 47.9 Å². The topological polar surface area (TPSA) is 125 Å². The number of aliphatic carboxylic acids is 1. The van der Waals surface area contributed by atoms with E-state index in [-0.39, 0.29) is 30.9 Å². The van der Waals surface area contributed by atoms with Crippen LogP contribution in [0.1, 0.15) is 56.1 Å². The van der Waals surface area contributed by atoms with E-state index < -0.39 is 30.1 Å². The molecule has 2 aliphatic carbocycles. The third kappa shape index (κ3) is 5.32. The predicted octanol–water partition coefficient (Wildman–Crippen LogP) is 3.43. The molecular formula is C27H32N2O6. The summed E-state index contributed by atoms with van der Waals surface area (Å²) in [6.07, 6.45) is 2.86. The second-order valence-electron chi connectivity index (χ2n) is 9.67. The Morgan fingerprint density at radius 3 is 2.20 bits per heavy atom. The Morgan fingerprint density at radius 1 is 1.00 bits per heavy atom. The number of fused-ring (bicyclic) bond motifs is 3. The number of carbonyl (C=O) groups excluding carboxylic acids is 2. The van der Waals surface area contributed by atoms with Crippen LogP contribution in [0.4, 0.5) is 4.79 Å². The van der Waals surface area contributed by atoms with Crippen molar-refractivity contribution in [3.05, 3.63) is 59.7 Å². The smallest absolute Gasteiger partial charge is 0.407 e. The quantitative estimate of drug-likeness (QED) is 0.459. The van der Waals surface area contributed by atoms with Gasteiger partial charge < -0.3 is 25.6 Å². The molecule has 2 amide bonds. The standard InChI is InChI=1S/C27H32N2O6/c1-27(16-30,25(32)33)29-24(31)14-17-8-2-7-13-23(17)28-26(34)35-15-22-20-11-5-3-9-18(20)19-10-4-6-12-21(19)22/h3-6,9-12,17,22-23,30H,2,7-8,13-16H2,1H3,(H,28,34)(H,29,31)(H,32,33)/t17-,23-,27?/m1/s1. The Labute approximate surface area is 204 Å². The third-order valence-electron chi connectivity index (χ3n) is 7.21. The maximum absolute atomic E-state index is 12.7. The number of carbonyl (C=O) groups is 3. The van der Waals surface area contributed by atoms with Crippen LogP contribution in [0.15, 0.2) is 48.5 Å². The Balaban J connectivity index is 1.36. The summed E-state index contributed by atoms with van der Waals surface area (Å²) < 4.78 is 5.66. The maximum Gasteiger partial charge on any atom is 0.407 e. The Bertz CT molecular complexity index is 1060. The molecule has 8 heteroatoms. The molecule has 1 fully saturated rings. The highest BCUT2D eigenvalue weighted by atomic mass is 16.5. The van der Waals surface area contributed by atoms with Gasteiger partial charge in [0.2, 0.25) is 5.91 Å². The molecule has 0 heterocycles. The van der Waals surface area contributed by atoms with Crippen LogP contribution in [-0.4, -0.2) is 53.0 Å². The van der Waals surface area contributed by atoms with Crippen LogP contribution < -0.4 is 10.6 Å². The molecule has 2 aliphatic rings. The van der Waals surface area contributed by atoms with E-state index in [1.807, 2.05) is 24.3 Å². The predicted molar refractivity (Wildman–Crippen MR) is 130 cm³/mol. The van der Waals surface area contributed by atoms with Crippen molar-refractivity contribution in [1.82, 2.24) is 10.6 Å². The molecule has 0 aromatic heterocycles. The number of ether oxygens (including phenoxy) is 1. The molecule has 2 aromatic carbocycles. The van der Waals surface area contributed by atoms with Crippen LogP contribution in [0, 0.1) is 5.92 Å². The summed E-state index contributed by atoms with van der Waals surface area (Å²) in [5.41, 5.74) is 2.86. The van der Waals surface area contributed by atoms with Gasteiger partial charge in [-0.1, -0.05) is 61.4 Å². The number of amides is 2. The fraction of sp³-hybridized carbons (Fsp3) is 0.444. The molecule has 4 N–H and O–H groups in total. The van der Waals surface area contributed by atoms with Crippen LogP contribution in [0.3, 0.4) is 0 Å². The van der Waals surface area contributed by atoms with Gasteiger partial charge in [0.05, 0.1) is 6.61 Å². The largest absolute Gasteiger partial charge is 0.479 e. The fourth-order valence-corrected chi connectivity index (χ4v) is 5.19. The van der Waals surface area contributed by atoms with Crippen molar-refractivity contribution in [2.24, 2.45) is 5.92 Å². The summed E-state index contributed by atoms with van der Waals surface area (Å²) in [5.74, 6) is -1.94. The first-order valence-electron chi connectivity index (χ1n) is 12.1. The van der Waals surface area contributed by atoms with E-state index in [4.69, 9.17) is 4.74 Å². The first-order chi connectivity index (χ1) is 16.8. The van der Waals surface area contributed by atoms with Crippen molar-refractivity contribution in [1.29, 1.82) is 0 Å². The highest BCUT2D eigenvalue weighted by Gasteiger charge is 2.36. The van der Waals surface area contributed by atoms with Crippen LogP contribution in [-0.2, 0) is 14.3 Å². The minimum Gasteiger partial charge on any atom is -0.479 e. The number of aliphatic hydroxyl groups is 1. The van der Waals surface area contributed by atoms with Crippen molar-refractivity contribution in [3.63, 3.8) is 0 Å². The molecule has 0 spiro atoms. The van der Waals surface area contributed by atoms with Gasteiger partial charge in [-0.3, -0.25) is 4.79 Å². The zero-order chi connectivity index (χ0) is 25.0. The first-order valence-corrected chi connectivity index (χ1v) is 12.1. The van der Waals surface area contributed by atoms with Gasteiger partial charge in [0.25, 0.3) is 0 Å². The Kier molecular flexibility index (Phi) is 7.40. The van der Waals surface area contributed by atoms with Crippen molar-refractivity contribution in [2.45, 2.75) is 56.5 Å². The SMILES string of the molecule is CC(CO)(NC(=O)C[C@H]1CCCC[C@H]1NC(=O)OCC1c2ccccc2-c2ccccc21)C(=O)O. The van der Waals surface area contributed by atoms with Gasteiger partial charge in [-0.15, -0.1) is 0 Å². The Hall–Kier alpha value is -3.39. The molecule has 1 saturated carbocycles. The maximum atomic E-state index is 12.7. The van der Waals surface area contributed by atoms with E-state index >= 15 is 0 Å². The second-order valence-corrected chi connectivity index (χ2v) is 9.67. The minimum atomic E-state index is -1.73. The number of alkyl carbamates (subject to hydrolysis) is 1. The van der Waals surface area contributed by atoms with E-state index in [0.29, 0.717) is 0 Å². The van der Waals surface area contributed by atoms with E-state index in [9.17, 15) is 24.6 Å². The molecule has 8 nitrogen and oxygen atoms in total. The monoisotopic (exact) mass is 480 g/mol. The zero-order valence-corrected chi connectivity index (χ0v) is 19.8. The molecule has 0 bridgehead atoms. The summed E-state index contributed by atoms with van der Waals surface area (Å²) in [6, 6.07) is 16.0. The van der Waals surface area contributed by atoms with Crippen molar-refractivity contribution in [3.8, 4) is 11.1 Å². The lowest BCUT2D eigenvalue weighted by molar-refractivity contribution is -0.148. The number of rotatable bonds is 8. The molecule has 0 aliphatic heterocycles. The number of hydrogen-bond donors (Lipinski definition) is 4. The average Bonchev–Trinajstić information content (AvgIpc) is 3.17. The van der Waals surface area contributed by atoms with Gasteiger partial charge in [0.1, 0.15) is 6.61 Å². The van der Waals surface area contributed by atoms with Crippen molar-refractivity contribution in [2.75, 3.05) is 13.2 Å². The summed E-state index contributed by atoms with van der Waals surface area (Å²) >= 11 is 0. The average molecular weight is 481 g/mol. The fourth-order valence-electron chi connectivity index (χ4n) is 5.19. The molecular weight excluding hydrogens is 448 g/mol. The summed E-state index contributed by atoms with van der Waals surface area (Å²) in [4.78, 5) is 36.6. The lowest BCUT2D eigenvalue weighted by Gasteiger charge is -2.32. The molecule has 1 unspecified atom stereocenters. The lowest BCUT2D eigenvalue weighted by atomic mass is 9.82.